The molecule has 0 saturated heterocycles. The first-order valence-corrected chi connectivity index (χ1v) is 7.69. The molecule has 23 heavy (non-hydrogen) atoms. The van der Waals surface area contributed by atoms with Gasteiger partial charge in [0.1, 0.15) is 0 Å². The summed E-state index contributed by atoms with van der Waals surface area (Å²) in [5.74, 6) is -0.776. The van der Waals surface area contributed by atoms with E-state index in [0.717, 1.165) is 30.5 Å². The van der Waals surface area contributed by atoms with Crippen LogP contribution in [0.2, 0.25) is 0 Å². The first-order valence-electron chi connectivity index (χ1n) is 6.04. The monoisotopic (exact) mass is 339 g/mol. The van der Waals surface area contributed by atoms with Crippen LogP contribution in [0.5, 0.6) is 0 Å². The molecular weight excluding hydrogens is 330 g/mol. The summed E-state index contributed by atoms with van der Waals surface area (Å²) in [7, 11) is -4.12. The Hall–Kier alpha value is -3.08. The second-order valence-electron chi connectivity index (χ2n) is 4.50. The van der Waals surface area contributed by atoms with Crippen LogP contribution in [0, 0.1) is 25.4 Å². The molecule has 0 bridgehead atoms. The van der Waals surface area contributed by atoms with E-state index in [4.69, 9.17) is 0 Å². The number of hydrogen-bond acceptors (Lipinski definition) is 7. The lowest BCUT2D eigenvalue weighted by molar-refractivity contribution is -0.646. The number of nitro groups is 2. The maximum Gasteiger partial charge on any atom is 0.308 e. The van der Waals surface area contributed by atoms with Crippen molar-refractivity contribution in [3.63, 3.8) is 0 Å². The lowest BCUT2D eigenvalue weighted by Crippen LogP contribution is -2.33. The summed E-state index contributed by atoms with van der Waals surface area (Å²) in [5, 5.41) is 32.6. The van der Waals surface area contributed by atoms with Gasteiger partial charge >= 0.3 is 5.03 Å². The largest absolute Gasteiger partial charge is 0.618 e. The highest BCUT2D eigenvalue weighted by molar-refractivity contribution is 7.90. The Kier molecular flexibility index (Phi) is 4.22. The summed E-state index contributed by atoms with van der Waals surface area (Å²) < 4.78 is 24.6. The fourth-order valence-electron chi connectivity index (χ4n) is 1.90. The number of nitrogens with zero attached hydrogens (tertiary/aromatic N) is 3. The molecule has 0 spiro atoms. The Morgan fingerprint density at radius 2 is 1.57 bits per heavy atom. The van der Waals surface area contributed by atoms with Gasteiger partial charge in [-0.05, 0) is 11.6 Å². The van der Waals surface area contributed by atoms with E-state index in [0.29, 0.717) is 0 Å². The number of aromatic nitrogens is 1. The van der Waals surface area contributed by atoms with E-state index < -0.39 is 41.8 Å². The Labute approximate surface area is 129 Å². The van der Waals surface area contributed by atoms with Crippen LogP contribution in [0.1, 0.15) is 5.56 Å². The molecular formula is C12H9N3O7S. The SMILES string of the molecule is O=[N+]([O-])c1cc(CS(=O)(=O)c2cccc[n+]2[O-])cc([N+](=O)[O-])c1. The highest BCUT2D eigenvalue weighted by Gasteiger charge is 2.26. The number of non-ortho nitro benzene ring substituents is 2. The van der Waals surface area contributed by atoms with E-state index in [1.807, 2.05) is 0 Å². The molecule has 1 aromatic carbocycles. The molecule has 2 aromatic rings. The highest BCUT2D eigenvalue weighted by atomic mass is 32.2. The van der Waals surface area contributed by atoms with Crippen molar-refractivity contribution in [1.29, 1.82) is 0 Å². The smallest absolute Gasteiger partial charge is 0.308 e. The zero-order valence-corrected chi connectivity index (χ0v) is 12.2. The number of benzene rings is 1. The first-order chi connectivity index (χ1) is 10.7. The van der Waals surface area contributed by atoms with Crippen molar-refractivity contribution in [3.8, 4) is 0 Å². The molecule has 0 N–H and O–H groups in total. The van der Waals surface area contributed by atoms with Crippen LogP contribution in [0.15, 0.2) is 47.6 Å². The Balaban J connectivity index is 2.49. The molecule has 0 amide bonds. The standard InChI is InChI=1S/C12H9N3O7S/c16-13-4-2-1-3-12(13)23(21,22)8-9-5-10(14(17)18)7-11(6-9)15(19)20/h1-7H,8H2. The van der Waals surface area contributed by atoms with Gasteiger partial charge < -0.3 is 5.21 Å². The minimum atomic E-state index is -4.12. The van der Waals surface area contributed by atoms with Crippen LogP contribution >= 0.6 is 0 Å². The minimum Gasteiger partial charge on any atom is -0.618 e. The normalized spacial score (nSPS) is 11.1. The fraction of sp³-hybridized carbons (Fsp3) is 0.0833. The Morgan fingerprint density at radius 1 is 1.00 bits per heavy atom. The van der Waals surface area contributed by atoms with E-state index in [2.05, 4.69) is 0 Å². The summed E-state index contributed by atoms with van der Waals surface area (Å²) in [6, 6.07) is 6.33. The van der Waals surface area contributed by atoms with Gasteiger partial charge in [-0.25, -0.2) is 8.42 Å². The van der Waals surface area contributed by atoms with Gasteiger partial charge in [0.15, 0.2) is 6.20 Å². The van der Waals surface area contributed by atoms with E-state index in [9.17, 15) is 33.9 Å². The number of hydrogen-bond donors (Lipinski definition) is 0. The lowest BCUT2D eigenvalue weighted by atomic mass is 10.2. The third-order valence-electron chi connectivity index (χ3n) is 2.85. The zero-order valence-electron chi connectivity index (χ0n) is 11.4. The third kappa shape index (κ3) is 3.58. The van der Waals surface area contributed by atoms with Crippen LogP contribution in [0.25, 0.3) is 0 Å². The Bertz CT molecular complexity index is 863. The van der Waals surface area contributed by atoms with Gasteiger partial charge in [0, 0.05) is 24.3 Å². The van der Waals surface area contributed by atoms with Crippen molar-refractivity contribution in [2.45, 2.75) is 10.8 Å². The van der Waals surface area contributed by atoms with Crippen LogP contribution in [-0.2, 0) is 15.6 Å². The molecule has 0 atom stereocenters. The van der Waals surface area contributed by atoms with Gasteiger partial charge in [-0.1, -0.05) is 0 Å². The first kappa shape index (κ1) is 16.3. The molecule has 10 nitrogen and oxygen atoms in total. The van der Waals surface area contributed by atoms with Gasteiger partial charge in [0.05, 0.1) is 21.7 Å². The van der Waals surface area contributed by atoms with Crippen LogP contribution in [0.3, 0.4) is 0 Å². The number of nitro benzene ring substituents is 2. The van der Waals surface area contributed by atoms with Crippen LogP contribution in [0.4, 0.5) is 11.4 Å². The van der Waals surface area contributed by atoms with E-state index >= 15 is 0 Å². The van der Waals surface area contributed by atoms with Crippen molar-refractivity contribution in [2.24, 2.45) is 0 Å². The molecule has 0 radical (unpaired) electrons. The van der Waals surface area contributed by atoms with Crippen molar-refractivity contribution >= 4 is 21.2 Å². The predicted molar refractivity (Wildman–Crippen MR) is 76.0 cm³/mol. The molecule has 0 aliphatic rings. The number of pyridine rings is 1. The van der Waals surface area contributed by atoms with Gasteiger partial charge in [0.25, 0.3) is 11.4 Å². The van der Waals surface area contributed by atoms with E-state index in [1.165, 1.54) is 12.1 Å². The van der Waals surface area contributed by atoms with Gasteiger partial charge in [-0.2, -0.15) is 4.73 Å². The molecule has 1 aromatic heterocycles. The minimum absolute atomic E-state index is 0.140. The summed E-state index contributed by atoms with van der Waals surface area (Å²) >= 11 is 0. The zero-order chi connectivity index (χ0) is 17.2. The second-order valence-corrected chi connectivity index (χ2v) is 6.43. The van der Waals surface area contributed by atoms with E-state index in [1.54, 1.807) is 0 Å². The molecule has 0 saturated carbocycles. The van der Waals surface area contributed by atoms with Gasteiger partial charge in [-0.3, -0.25) is 20.2 Å². The quantitative estimate of drug-likeness (QED) is 0.343. The highest BCUT2D eigenvalue weighted by Crippen LogP contribution is 2.25. The van der Waals surface area contributed by atoms with Crippen LogP contribution in [-0.4, -0.2) is 18.3 Å². The molecule has 120 valence electrons. The maximum absolute atomic E-state index is 12.2. The number of sulfone groups is 1. The molecule has 0 fully saturated rings. The van der Waals surface area contributed by atoms with E-state index in [-0.39, 0.29) is 10.3 Å². The van der Waals surface area contributed by atoms with Crippen molar-refractivity contribution < 1.29 is 23.0 Å². The van der Waals surface area contributed by atoms with Crippen molar-refractivity contribution in [3.05, 3.63) is 73.6 Å². The van der Waals surface area contributed by atoms with Crippen LogP contribution < -0.4 is 4.73 Å². The summed E-state index contributed by atoms with van der Waals surface area (Å²) in [6.07, 6.45) is 0.989. The molecule has 0 aliphatic carbocycles. The summed E-state index contributed by atoms with van der Waals surface area (Å²) in [5.41, 5.74) is -1.37. The molecule has 1 heterocycles. The molecule has 2 rings (SSSR count). The summed E-state index contributed by atoms with van der Waals surface area (Å²) in [6.45, 7) is 0. The topological polar surface area (TPSA) is 147 Å². The molecule has 0 unspecified atom stereocenters. The average Bonchev–Trinajstić information content (AvgIpc) is 2.46. The van der Waals surface area contributed by atoms with Crippen molar-refractivity contribution in [1.82, 2.24) is 0 Å². The van der Waals surface area contributed by atoms with Gasteiger partial charge in [0.2, 0.25) is 9.84 Å². The summed E-state index contributed by atoms with van der Waals surface area (Å²) in [4.78, 5) is 19.9. The average molecular weight is 339 g/mol. The molecule has 11 heteroatoms. The maximum atomic E-state index is 12.2. The Morgan fingerprint density at radius 3 is 2.04 bits per heavy atom. The molecule has 0 aliphatic heterocycles. The predicted octanol–water partition coefficient (Wildman–Crippen LogP) is 1.11. The number of rotatable bonds is 5. The second kappa shape index (κ2) is 5.96. The van der Waals surface area contributed by atoms with Gasteiger partial charge in [-0.15, -0.1) is 0 Å². The lowest BCUT2D eigenvalue weighted by Gasteiger charge is -2.05. The van der Waals surface area contributed by atoms with Crippen molar-refractivity contribution in [2.75, 3.05) is 0 Å². The third-order valence-corrected chi connectivity index (χ3v) is 4.51. The fourth-order valence-corrected chi connectivity index (χ4v) is 3.27.